The van der Waals surface area contributed by atoms with Crippen molar-refractivity contribution in [3.05, 3.63) is 48.3 Å². The van der Waals surface area contributed by atoms with Gasteiger partial charge in [-0.25, -0.2) is 0 Å². The zero-order valence-corrected chi connectivity index (χ0v) is 18.3. The molecule has 0 radical (unpaired) electrons. The number of anilines is 1. The number of hydrogen-bond acceptors (Lipinski definition) is 8. The van der Waals surface area contributed by atoms with Gasteiger partial charge in [0.2, 0.25) is 5.52 Å². The van der Waals surface area contributed by atoms with Crippen LogP contribution in [-0.4, -0.2) is 43.1 Å². The topological polar surface area (TPSA) is 174 Å². The predicted octanol–water partition coefficient (Wildman–Crippen LogP) is 1.45. The largest absolute Gasteiger partial charge is 0.495 e. The van der Waals surface area contributed by atoms with Gasteiger partial charge in [-0.3, -0.25) is 9.11 Å². The van der Waals surface area contributed by atoms with Gasteiger partial charge in [0.05, 0.1) is 12.8 Å². The Labute approximate surface area is 182 Å². The van der Waals surface area contributed by atoms with Gasteiger partial charge in [-0.1, -0.05) is 21.9 Å². The molecule has 0 saturated carbocycles. The number of aryl methyl sites for hydroxylation is 1. The van der Waals surface area contributed by atoms with Crippen LogP contribution in [0.15, 0.2) is 52.3 Å². The van der Waals surface area contributed by atoms with Crippen LogP contribution in [0.2, 0.25) is 0 Å². The van der Waals surface area contributed by atoms with Crippen LogP contribution in [0.5, 0.6) is 5.75 Å². The van der Waals surface area contributed by atoms with Crippen molar-refractivity contribution in [2.45, 2.75) is 16.7 Å². The van der Waals surface area contributed by atoms with Gasteiger partial charge in [0, 0.05) is 35.9 Å². The van der Waals surface area contributed by atoms with E-state index in [0.29, 0.717) is 28.3 Å². The molecule has 4 aromatic rings. The van der Waals surface area contributed by atoms with E-state index in [9.17, 15) is 25.9 Å². The molecule has 1 heterocycles. The first-order valence-electron chi connectivity index (χ1n) is 8.96. The van der Waals surface area contributed by atoms with Gasteiger partial charge >= 0.3 is 5.82 Å². The third-order valence-corrected chi connectivity index (χ3v) is 6.63. The molecule has 0 aliphatic rings. The monoisotopic (exact) mass is 477 g/mol. The molecule has 1 aromatic heterocycles. The number of hydrogen-bond donors (Lipinski definition) is 3. The van der Waals surface area contributed by atoms with E-state index in [4.69, 9.17) is 10.5 Å². The van der Waals surface area contributed by atoms with E-state index in [0.717, 1.165) is 12.1 Å². The first-order chi connectivity index (χ1) is 14.9. The summed E-state index contributed by atoms with van der Waals surface area (Å²) in [6.45, 7) is 1.60. The van der Waals surface area contributed by atoms with Crippen LogP contribution in [0, 0.1) is 6.92 Å². The third-order valence-electron chi connectivity index (χ3n) is 4.83. The van der Waals surface area contributed by atoms with Gasteiger partial charge in [0.25, 0.3) is 20.2 Å². The van der Waals surface area contributed by atoms with Crippen LogP contribution in [0.1, 0.15) is 5.82 Å². The maximum atomic E-state index is 12.1. The zero-order chi connectivity index (χ0) is 23.4. The first kappa shape index (κ1) is 21.8. The summed E-state index contributed by atoms with van der Waals surface area (Å²) < 4.78 is 73.8. The van der Waals surface area contributed by atoms with E-state index in [1.165, 1.54) is 30.0 Å². The molecule has 0 fully saturated rings. The van der Waals surface area contributed by atoms with Crippen molar-refractivity contribution >= 4 is 47.7 Å². The number of rotatable bonds is 4. The normalized spacial score (nSPS) is 12.4. The zero-order valence-electron chi connectivity index (χ0n) is 16.7. The average Bonchev–Trinajstić information content (AvgIpc) is 2.70. The van der Waals surface area contributed by atoms with E-state index in [2.05, 4.69) is 10.1 Å². The first-order valence-corrected chi connectivity index (χ1v) is 11.8. The quantitative estimate of drug-likeness (QED) is 0.222. The Bertz CT molecular complexity index is 1640. The number of nitrogens with zero attached hydrogens (tertiary/aromatic N) is 3. The Morgan fingerprint density at radius 1 is 0.938 bits per heavy atom. The van der Waals surface area contributed by atoms with Crippen LogP contribution in [0.4, 0.5) is 5.69 Å². The molecule has 13 heteroatoms. The lowest BCUT2D eigenvalue weighted by Gasteiger charge is -2.10. The molecule has 0 bridgehead atoms. The number of nitrogens with two attached hydrogens (primary N) is 1. The number of benzene rings is 3. The predicted molar refractivity (Wildman–Crippen MR) is 114 cm³/mol. The Morgan fingerprint density at radius 2 is 1.62 bits per heavy atom. The molecule has 11 nitrogen and oxygen atoms in total. The molecule has 0 atom stereocenters. The summed E-state index contributed by atoms with van der Waals surface area (Å²) in [6.07, 6.45) is 0. The lowest BCUT2D eigenvalue weighted by atomic mass is 10.1. The van der Waals surface area contributed by atoms with Crippen LogP contribution in [0.3, 0.4) is 0 Å². The van der Waals surface area contributed by atoms with E-state index in [-0.39, 0.29) is 16.5 Å². The Morgan fingerprint density at radius 3 is 2.25 bits per heavy atom. The van der Waals surface area contributed by atoms with Gasteiger partial charge in [-0.2, -0.15) is 16.8 Å². The van der Waals surface area contributed by atoms with Crippen molar-refractivity contribution < 1.29 is 35.4 Å². The Hall–Kier alpha value is -3.39. The van der Waals surface area contributed by atoms with Crippen molar-refractivity contribution in [2.24, 2.45) is 0 Å². The fourth-order valence-corrected chi connectivity index (χ4v) is 4.86. The molecule has 4 N–H and O–H groups in total. The molecular weight excluding hydrogens is 460 g/mol. The summed E-state index contributed by atoms with van der Waals surface area (Å²) in [5, 5.41) is 4.24. The molecule has 0 saturated heterocycles. The number of methoxy groups -OCH3 is 1. The number of fused-ring (bicyclic) bond motifs is 2. The van der Waals surface area contributed by atoms with Crippen molar-refractivity contribution in [1.82, 2.24) is 10.1 Å². The Balaban J connectivity index is 2.12. The van der Waals surface area contributed by atoms with Gasteiger partial charge in [0.15, 0.2) is 11.2 Å². The van der Waals surface area contributed by atoms with Crippen molar-refractivity contribution in [3.63, 3.8) is 0 Å². The third kappa shape index (κ3) is 3.71. The van der Waals surface area contributed by atoms with Gasteiger partial charge in [-0.15, -0.1) is 0 Å². The van der Waals surface area contributed by atoms with Crippen LogP contribution >= 0.6 is 0 Å². The summed E-state index contributed by atoms with van der Waals surface area (Å²) in [5.41, 5.74) is 7.16. The minimum absolute atomic E-state index is 0.0870. The smallest absolute Gasteiger partial charge is 0.321 e. The second kappa shape index (κ2) is 7.34. The fraction of sp³-hybridized carbons (Fsp3) is 0.105. The molecule has 0 amide bonds. The summed E-state index contributed by atoms with van der Waals surface area (Å²) >= 11 is 0. The second-order valence-electron chi connectivity index (χ2n) is 6.90. The maximum absolute atomic E-state index is 12.1. The summed E-state index contributed by atoms with van der Waals surface area (Å²) in [4.78, 5) is 3.34. The molecule has 0 unspecified atom stereocenters. The van der Waals surface area contributed by atoms with E-state index in [1.54, 1.807) is 19.1 Å². The van der Waals surface area contributed by atoms with Gasteiger partial charge in [-0.05, 0) is 17.1 Å². The van der Waals surface area contributed by atoms with E-state index >= 15 is 0 Å². The number of aromatic nitrogens is 3. The lowest BCUT2D eigenvalue weighted by molar-refractivity contribution is -0.666. The molecule has 166 valence electrons. The molecule has 32 heavy (non-hydrogen) atoms. The summed E-state index contributed by atoms with van der Waals surface area (Å²) in [7, 11) is -8.03. The molecular formula is C19H17N4O7S2+. The SMILES string of the molecule is COc1cc2n[n+](-c3cc(S(=O)(=O)O)c4cccc(S(=O)(=O)O)c4c3)c(C)nc2cc1N. The Kier molecular flexibility index (Phi) is 5.01. The van der Waals surface area contributed by atoms with Gasteiger partial charge < -0.3 is 10.5 Å². The average molecular weight is 478 g/mol. The number of ether oxygens (including phenoxy) is 1. The minimum Gasteiger partial charge on any atom is -0.495 e. The minimum atomic E-state index is -4.77. The van der Waals surface area contributed by atoms with Crippen molar-refractivity contribution in [2.75, 3.05) is 12.8 Å². The van der Waals surface area contributed by atoms with E-state index in [1.807, 2.05) is 0 Å². The molecule has 4 rings (SSSR count). The van der Waals surface area contributed by atoms with E-state index < -0.39 is 30.0 Å². The molecule has 0 spiro atoms. The number of nitrogen functional groups attached to an aromatic ring is 1. The van der Waals surface area contributed by atoms with Crippen LogP contribution in [-0.2, 0) is 20.2 Å². The highest BCUT2D eigenvalue weighted by molar-refractivity contribution is 7.86. The molecule has 0 aliphatic heterocycles. The lowest BCUT2D eigenvalue weighted by Crippen LogP contribution is -2.40. The van der Waals surface area contributed by atoms with Crippen LogP contribution < -0.4 is 15.2 Å². The maximum Gasteiger partial charge on any atom is 0.321 e. The molecule has 3 aromatic carbocycles. The highest BCUT2D eigenvalue weighted by Gasteiger charge is 2.25. The fourth-order valence-electron chi connectivity index (χ4n) is 3.44. The highest BCUT2D eigenvalue weighted by Crippen LogP contribution is 2.30. The highest BCUT2D eigenvalue weighted by atomic mass is 32.2. The van der Waals surface area contributed by atoms with Gasteiger partial charge in [0.1, 0.15) is 15.5 Å². The van der Waals surface area contributed by atoms with Crippen LogP contribution in [0.25, 0.3) is 27.5 Å². The van der Waals surface area contributed by atoms with Crippen molar-refractivity contribution in [3.8, 4) is 11.4 Å². The van der Waals surface area contributed by atoms with Crippen molar-refractivity contribution in [1.29, 1.82) is 0 Å². The molecule has 0 aliphatic carbocycles. The summed E-state index contributed by atoms with van der Waals surface area (Å²) in [5.74, 6) is 0.667. The second-order valence-corrected chi connectivity index (χ2v) is 9.68. The standard InChI is InChI=1S/C19H16N4O7S2/c1-10-21-15-8-14(20)17(30-2)9-16(15)22-23(10)11-6-13-12(19(7-11)32(27,28)29)4-3-5-18(13)31(24,25)26/h3-9,20H,1-2H3,(H2,24,25,26,27,28,29)/p+1. The summed E-state index contributed by atoms with van der Waals surface area (Å²) in [6, 6.07) is 9.26.